The normalized spacial score (nSPS) is 14.2. The molecule has 1 unspecified atom stereocenters. The molecular weight excluding hydrogens is 228 g/mol. The van der Waals surface area contributed by atoms with Gasteiger partial charge in [-0.15, -0.1) is 0 Å². The molecule has 1 atom stereocenters. The van der Waals surface area contributed by atoms with E-state index in [0.29, 0.717) is 12.3 Å². The van der Waals surface area contributed by atoms with Gasteiger partial charge in [-0.2, -0.15) is 0 Å². The van der Waals surface area contributed by atoms with Crippen LogP contribution in [0.5, 0.6) is 0 Å². The van der Waals surface area contributed by atoms with Gasteiger partial charge in [0.1, 0.15) is 17.1 Å². The fourth-order valence-corrected chi connectivity index (χ4v) is 1.74. The third kappa shape index (κ3) is 2.90. The molecule has 0 aliphatic carbocycles. The van der Waals surface area contributed by atoms with Crippen LogP contribution in [0.1, 0.15) is 24.1 Å². The van der Waals surface area contributed by atoms with Gasteiger partial charge >= 0.3 is 0 Å². The lowest BCUT2D eigenvalue weighted by atomic mass is 10.0. The van der Waals surface area contributed by atoms with Crippen molar-refractivity contribution < 1.29 is 9.52 Å². The van der Waals surface area contributed by atoms with Crippen molar-refractivity contribution >= 4 is 5.69 Å². The summed E-state index contributed by atoms with van der Waals surface area (Å²) in [7, 11) is 0. The van der Waals surface area contributed by atoms with Gasteiger partial charge < -0.3 is 14.8 Å². The Morgan fingerprint density at radius 2 is 2.11 bits per heavy atom. The third-order valence-electron chi connectivity index (χ3n) is 2.80. The number of rotatable bonds is 4. The zero-order valence-electron chi connectivity index (χ0n) is 10.9. The molecule has 2 aromatic rings. The zero-order valence-corrected chi connectivity index (χ0v) is 10.9. The average Bonchev–Trinajstić information content (AvgIpc) is 2.74. The van der Waals surface area contributed by atoms with Crippen molar-refractivity contribution in [2.45, 2.75) is 26.4 Å². The Labute approximate surface area is 107 Å². The molecule has 96 valence electrons. The van der Waals surface area contributed by atoms with Crippen LogP contribution >= 0.6 is 0 Å². The van der Waals surface area contributed by atoms with Crippen molar-refractivity contribution in [2.75, 3.05) is 11.9 Å². The maximum atomic E-state index is 10.4. The van der Waals surface area contributed by atoms with Gasteiger partial charge in [0.15, 0.2) is 0 Å². The molecule has 0 aliphatic heterocycles. The minimum atomic E-state index is -1.04. The van der Waals surface area contributed by atoms with Gasteiger partial charge in [0, 0.05) is 17.6 Å². The number of aliphatic hydroxyl groups is 1. The van der Waals surface area contributed by atoms with Crippen LogP contribution in [0.4, 0.5) is 5.69 Å². The van der Waals surface area contributed by atoms with E-state index in [1.807, 2.05) is 32.0 Å². The van der Waals surface area contributed by atoms with Crippen LogP contribution in [0.15, 0.2) is 34.9 Å². The maximum Gasteiger partial charge on any atom is 0.137 e. The highest BCUT2D eigenvalue weighted by molar-refractivity contribution is 5.43. The van der Waals surface area contributed by atoms with Crippen LogP contribution in [-0.2, 0) is 5.60 Å². The summed E-state index contributed by atoms with van der Waals surface area (Å²) in [5, 5.41) is 13.5. The first-order valence-corrected chi connectivity index (χ1v) is 5.93. The number of furan rings is 1. The monoisotopic (exact) mass is 246 g/mol. The lowest BCUT2D eigenvalue weighted by molar-refractivity contribution is 0.0468. The Morgan fingerprint density at radius 1 is 1.33 bits per heavy atom. The topological polar surface area (TPSA) is 58.3 Å². The van der Waals surface area contributed by atoms with Crippen molar-refractivity contribution in [3.8, 4) is 0 Å². The summed E-state index contributed by atoms with van der Waals surface area (Å²) >= 11 is 0. The zero-order chi connectivity index (χ0) is 13.2. The van der Waals surface area contributed by atoms with Crippen LogP contribution in [-0.4, -0.2) is 16.6 Å². The molecule has 0 radical (unpaired) electrons. The summed E-state index contributed by atoms with van der Waals surface area (Å²) in [5.41, 5.74) is 0.838. The fourth-order valence-electron chi connectivity index (χ4n) is 1.74. The van der Waals surface area contributed by atoms with Gasteiger partial charge in [-0.1, -0.05) is 0 Å². The van der Waals surface area contributed by atoms with Crippen molar-refractivity contribution in [2.24, 2.45) is 0 Å². The minimum absolute atomic E-state index is 0.378. The SMILES string of the molecule is Cc1cc(NCC(C)(O)c2ccc(C)o2)ccn1. The minimum Gasteiger partial charge on any atom is -0.463 e. The summed E-state index contributed by atoms with van der Waals surface area (Å²) in [6.07, 6.45) is 1.74. The molecule has 0 bridgehead atoms. The van der Waals surface area contributed by atoms with Crippen LogP contribution in [0.25, 0.3) is 0 Å². The predicted octanol–water partition coefficient (Wildman–Crippen LogP) is 2.61. The number of hydrogen-bond acceptors (Lipinski definition) is 4. The average molecular weight is 246 g/mol. The highest BCUT2D eigenvalue weighted by Crippen LogP contribution is 2.23. The van der Waals surface area contributed by atoms with Crippen LogP contribution < -0.4 is 5.32 Å². The van der Waals surface area contributed by atoms with Crippen molar-refractivity contribution in [3.63, 3.8) is 0 Å². The summed E-state index contributed by atoms with van der Waals surface area (Å²) in [6, 6.07) is 7.45. The Kier molecular flexibility index (Phi) is 3.39. The second-order valence-corrected chi connectivity index (χ2v) is 4.72. The van der Waals surface area contributed by atoms with Crippen LogP contribution in [0.3, 0.4) is 0 Å². The molecule has 4 nitrogen and oxygen atoms in total. The summed E-state index contributed by atoms with van der Waals surface area (Å²) < 4.78 is 5.46. The van der Waals surface area contributed by atoms with Gasteiger partial charge in [0.2, 0.25) is 0 Å². The Hall–Kier alpha value is -1.81. The molecule has 0 saturated carbocycles. The van der Waals surface area contributed by atoms with Gasteiger partial charge in [-0.3, -0.25) is 4.98 Å². The molecule has 0 amide bonds. The van der Waals surface area contributed by atoms with E-state index in [9.17, 15) is 5.11 Å². The highest BCUT2D eigenvalue weighted by Gasteiger charge is 2.26. The Morgan fingerprint density at radius 3 is 2.72 bits per heavy atom. The first-order valence-electron chi connectivity index (χ1n) is 5.93. The van der Waals surface area contributed by atoms with Crippen LogP contribution in [0, 0.1) is 13.8 Å². The second kappa shape index (κ2) is 4.82. The van der Waals surface area contributed by atoms with E-state index in [2.05, 4.69) is 10.3 Å². The molecule has 0 aliphatic rings. The molecule has 0 saturated heterocycles. The van der Waals surface area contributed by atoms with Crippen molar-refractivity contribution in [1.82, 2.24) is 4.98 Å². The standard InChI is InChI=1S/C14H18N2O2/c1-10-8-12(6-7-15-10)16-9-14(3,17)13-5-4-11(2)18-13/h4-8,17H,9H2,1-3H3,(H,15,16). The fraction of sp³-hybridized carbons (Fsp3) is 0.357. The molecule has 18 heavy (non-hydrogen) atoms. The van der Waals surface area contributed by atoms with Gasteiger partial charge in [-0.05, 0) is 45.0 Å². The number of aromatic nitrogens is 1. The van der Waals surface area contributed by atoms with Crippen LogP contribution in [0.2, 0.25) is 0 Å². The molecular formula is C14H18N2O2. The molecule has 2 aromatic heterocycles. The van der Waals surface area contributed by atoms with E-state index >= 15 is 0 Å². The molecule has 0 spiro atoms. The number of aryl methyl sites for hydroxylation is 2. The van der Waals surface area contributed by atoms with E-state index in [4.69, 9.17) is 4.42 Å². The second-order valence-electron chi connectivity index (χ2n) is 4.72. The Bertz CT molecular complexity index is 532. The third-order valence-corrected chi connectivity index (χ3v) is 2.80. The number of nitrogens with zero attached hydrogens (tertiary/aromatic N) is 1. The molecule has 4 heteroatoms. The first-order chi connectivity index (χ1) is 8.47. The van der Waals surface area contributed by atoms with E-state index in [-0.39, 0.29) is 0 Å². The molecule has 2 N–H and O–H groups in total. The number of anilines is 1. The summed E-state index contributed by atoms with van der Waals surface area (Å²) in [4.78, 5) is 4.12. The molecule has 0 aromatic carbocycles. The first kappa shape index (κ1) is 12.6. The number of hydrogen-bond donors (Lipinski definition) is 2. The Balaban J connectivity index is 2.05. The quantitative estimate of drug-likeness (QED) is 0.870. The lowest BCUT2D eigenvalue weighted by Crippen LogP contribution is -2.30. The van der Waals surface area contributed by atoms with Gasteiger partial charge in [0.25, 0.3) is 0 Å². The smallest absolute Gasteiger partial charge is 0.137 e. The molecule has 2 heterocycles. The molecule has 2 rings (SSSR count). The van der Waals surface area contributed by atoms with E-state index < -0.39 is 5.60 Å². The van der Waals surface area contributed by atoms with Gasteiger partial charge in [-0.25, -0.2) is 0 Å². The highest BCUT2D eigenvalue weighted by atomic mass is 16.4. The predicted molar refractivity (Wildman–Crippen MR) is 70.5 cm³/mol. The number of pyridine rings is 1. The maximum absolute atomic E-state index is 10.4. The van der Waals surface area contributed by atoms with E-state index in [0.717, 1.165) is 17.1 Å². The summed E-state index contributed by atoms with van der Waals surface area (Å²) in [6.45, 7) is 5.90. The van der Waals surface area contributed by atoms with E-state index in [1.165, 1.54) is 0 Å². The summed E-state index contributed by atoms with van der Waals surface area (Å²) in [5.74, 6) is 1.36. The number of nitrogens with one attached hydrogen (secondary N) is 1. The largest absolute Gasteiger partial charge is 0.463 e. The molecule has 0 fully saturated rings. The van der Waals surface area contributed by atoms with Gasteiger partial charge in [0.05, 0.1) is 6.54 Å². The van der Waals surface area contributed by atoms with E-state index in [1.54, 1.807) is 19.2 Å². The lowest BCUT2D eigenvalue weighted by Gasteiger charge is -2.22. The van der Waals surface area contributed by atoms with Crippen molar-refractivity contribution in [3.05, 3.63) is 47.7 Å². The van der Waals surface area contributed by atoms with Crippen molar-refractivity contribution in [1.29, 1.82) is 0 Å².